The molecular weight excluding hydrogens is 244 g/mol. The molecule has 0 aliphatic rings. The highest BCUT2D eigenvalue weighted by atomic mass is 35.5. The number of hydrogen-bond acceptors (Lipinski definition) is 3. The first-order chi connectivity index (χ1) is 8.02. The Balaban J connectivity index is 2.61. The molecule has 0 radical (unpaired) electrons. The molecule has 1 aromatic carbocycles. The van der Waals surface area contributed by atoms with Crippen molar-refractivity contribution in [2.75, 3.05) is 0 Å². The van der Waals surface area contributed by atoms with Crippen LogP contribution in [-0.4, -0.2) is 23.5 Å². The molecule has 0 fully saturated rings. The minimum Gasteiger partial charge on any atom is -0.489 e. The number of ether oxygens (including phenoxy) is 1. The van der Waals surface area contributed by atoms with Crippen LogP contribution in [0.1, 0.15) is 30.1 Å². The topological polar surface area (TPSA) is 63.6 Å². The fourth-order valence-corrected chi connectivity index (χ4v) is 1.52. The largest absolute Gasteiger partial charge is 0.489 e. The van der Waals surface area contributed by atoms with E-state index in [2.05, 4.69) is 0 Å². The number of carbonyl (C=O) groups excluding carboxylic acids is 1. The summed E-state index contributed by atoms with van der Waals surface area (Å²) in [7, 11) is 0. The third-order valence-electron chi connectivity index (χ3n) is 2.18. The zero-order chi connectivity index (χ0) is 12.8. The lowest BCUT2D eigenvalue weighted by atomic mass is 10.2. The standard InChI is InChI=1S/C12H13ClO4/c1-8(2-5-12(15)16)17-11-4-3-9(7-14)6-10(11)13/h3-4,6-8H,2,5H2,1H3,(H,15,16). The van der Waals surface area contributed by atoms with E-state index >= 15 is 0 Å². The van der Waals surface area contributed by atoms with E-state index in [-0.39, 0.29) is 12.5 Å². The normalized spacial score (nSPS) is 11.9. The predicted molar refractivity (Wildman–Crippen MR) is 63.8 cm³/mol. The highest BCUT2D eigenvalue weighted by Gasteiger charge is 2.09. The Bertz CT molecular complexity index is 417. The van der Waals surface area contributed by atoms with E-state index in [1.807, 2.05) is 0 Å². The summed E-state index contributed by atoms with van der Waals surface area (Å²) >= 11 is 5.91. The Kier molecular flexibility index (Phi) is 4.97. The second kappa shape index (κ2) is 6.25. The lowest BCUT2D eigenvalue weighted by Gasteiger charge is -2.14. The maximum absolute atomic E-state index is 10.5. The first kappa shape index (κ1) is 13.5. The number of carboxylic acids is 1. The first-order valence-electron chi connectivity index (χ1n) is 5.16. The Hall–Kier alpha value is -1.55. The molecule has 4 nitrogen and oxygen atoms in total. The summed E-state index contributed by atoms with van der Waals surface area (Å²) in [6.45, 7) is 1.77. The van der Waals surface area contributed by atoms with E-state index in [9.17, 15) is 9.59 Å². The molecule has 5 heteroatoms. The summed E-state index contributed by atoms with van der Waals surface area (Å²) in [5.41, 5.74) is 0.473. The second-order valence-electron chi connectivity index (χ2n) is 3.67. The van der Waals surface area contributed by atoms with Gasteiger partial charge in [0.05, 0.1) is 11.1 Å². The number of aliphatic carboxylic acids is 1. The van der Waals surface area contributed by atoms with Crippen molar-refractivity contribution in [1.29, 1.82) is 0 Å². The molecule has 0 bridgehead atoms. The van der Waals surface area contributed by atoms with Gasteiger partial charge in [-0.15, -0.1) is 0 Å². The van der Waals surface area contributed by atoms with Gasteiger partial charge in [-0.1, -0.05) is 11.6 Å². The van der Waals surface area contributed by atoms with Crippen molar-refractivity contribution in [1.82, 2.24) is 0 Å². The SMILES string of the molecule is CC(CCC(=O)O)Oc1ccc(C=O)cc1Cl. The molecule has 0 heterocycles. The molecule has 1 atom stereocenters. The van der Waals surface area contributed by atoms with Crippen LogP contribution < -0.4 is 4.74 Å². The minimum absolute atomic E-state index is 0.0468. The monoisotopic (exact) mass is 256 g/mol. The van der Waals surface area contributed by atoms with Gasteiger partial charge in [0, 0.05) is 12.0 Å². The highest BCUT2D eigenvalue weighted by Crippen LogP contribution is 2.26. The predicted octanol–water partition coefficient (Wildman–Crippen LogP) is 2.78. The van der Waals surface area contributed by atoms with Crippen LogP contribution in [0.2, 0.25) is 5.02 Å². The van der Waals surface area contributed by atoms with E-state index < -0.39 is 5.97 Å². The summed E-state index contributed by atoms with van der Waals surface area (Å²) in [5.74, 6) is -0.405. The van der Waals surface area contributed by atoms with Crippen molar-refractivity contribution >= 4 is 23.9 Å². The highest BCUT2D eigenvalue weighted by molar-refractivity contribution is 6.32. The zero-order valence-electron chi connectivity index (χ0n) is 9.35. The number of hydrogen-bond donors (Lipinski definition) is 1. The molecule has 1 rings (SSSR count). The van der Waals surface area contributed by atoms with Gasteiger partial charge in [0.15, 0.2) is 0 Å². The van der Waals surface area contributed by atoms with Gasteiger partial charge in [0.2, 0.25) is 0 Å². The number of halogens is 1. The van der Waals surface area contributed by atoms with Crippen LogP contribution in [0.3, 0.4) is 0 Å². The van der Waals surface area contributed by atoms with E-state index in [4.69, 9.17) is 21.4 Å². The van der Waals surface area contributed by atoms with Gasteiger partial charge >= 0.3 is 5.97 Å². The smallest absolute Gasteiger partial charge is 0.303 e. The first-order valence-corrected chi connectivity index (χ1v) is 5.54. The Morgan fingerprint density at radius 2 is 2.29 bits per heavy atom. The molecule has 0 aromatic heterocycles. The molecule has 0 saturated carbocycles. The van der Waals surface area contributed by atoms with Gasteiger partial charge in [0.1, 0.15) is 12.0 Å². The molecule has 92 valence electrons. The van der Waals surface area contributed by atoms with Gasteiger partial charge in [-0.3, -0.25) is 9.59 Å². The van der Waals surface area contributed by atoms with E-state index in [0.29, 0.717) is 29.0 Å². The van der Waals surface area contributed by atoms with Gasteiger partial charge in [-0.05, 0) is 31.5 Å². The third kappa shape index (κ3) is 4.44. The number of rotatable bonds is 6. The molecule has 0 spiro atoms. The quantitative estimate of drug-likeness (QED) is 0.795. The van der Waals surface area contributed by atoms with Crippen molar-refractivity contribution in [3.63, 3.8) is 0 Å². The molecule has 1 aromatic rings. The molecule has 0 aliphatic carbocycles. The summed E-state index contributed by atoms with van der Waals surface area (Å²) in [5, 5.41) is 8.88. The fourth-order valence-electron chi connectivity index (χ4n) is 1.29. The number of aldehydes is 1. The van der Waals surface area contributed by atoms with Crippen LogP contribution in [0.5, 0.6) is 5.75 Å². The van der Waals surface area contributed by atoms with E-state index in [0.717, 1.165) is 0 Å². The van der Waals surface area contributed by atoms with Crippen molar-refractivity contribution in [3.8, 4) is 5.75 Å². The Morgan fingerprint density at radius 3 is 2.82 bits per heavy atom. The van der Waals surface area contributed by atoms with Crippen LogP contribution in [0.25, 0.3) is 0 Å². The number of benzene rings is 1. The third-order valence-corrected chi connectivity index (χ3v) is 2.48. The van der Waals surface area contributed by atoms with Crippen LogP contribution in [0.15, 0.2) is 18.2 Å². The summed E-state index contributed by atoms with van der Waals surface area (Å²) in [6, 6.07) is 4.70. The average Bonchev–Trinajstić information content (AvgIpc) is 2.29. The van der Waals surface area contributed by atoms with Crippen molar-refractivity contribution < 1.29 is 19.4 Å². The van der Waals surface area contributed by atoms with Crippen LogP contribution in [0, 0.1) is 0 Å². The van der Waals surface area contributed by atoms with Crippen LogP contribution in [0.4, 0.5) is 0 Å². The van der Waals surface area contributed by atoms with Gasteiger partial charge < -0.3 is 9.84 Å². The molecule has 1 unspecified atom stereocenters. The maximum atomic E-state index is 10.5. The fraction of sp³-hybridized carbons (Fsp3) is 0.333. The minimum atomic E-state index is -0.858. The van der Waals surface area contributed by atoms with Crippen molar-refractivity contribution in [3.05, 3.63) is 28.8 Å². The zero-order valence-corrected chi connectivity index (χ0v) is 10.1. The summed E-state index contributed by atoms with van der Waals surface area (Å²) in [4.78, 5) is 20.9. The molecule has 17 heavy (non-hydrogen) atoms. The second-order valence-corrected chi connectivity index (χ2v) is 4.08. The van der Waals surface area contributed by atoms with Gasteiger partial charge in [-0.25, -0.2) is 0 Å². The summed E-state index contributed by atoms with van der Waals surface area (Å²) in [6.07, 6.45) is 0.904. The molecule has 1 N–H and O–H groups in total. The van der Waals surface area contributed by atoms with E-state index in [1.165, 1.54) is 6.07 Å². The van der Waals surface area contributed by atoms with Crippen LogP contribution in [-0.2, 0) is 4.79 Å². The molecular formula is C12H13ClO4. The lowest BCUT2D eigenvalue weighted by Crippen LogP contribution is -2.14. The lowest BCUT2D eigenvalue weighted by molar-refractivity contribution is -0.137. The Labute approximate surface area is 104 Å². The Morgan fingerprint density at radius 1 is 1.59 bits per heavy atom. The number of carbonyl (C=O) groups is 2. The molecule has 0 saturated heterocycles. The van der Waals surface area contributed by atoms with Crippen LogP contribution >= 0.6 is 11.6 Å². The van der Waals surface area contributed by atoms with E-state index in [1.54, 1.807) is 19.1 Å². The molecule has 0 amide bonds. The molecule has 0 aliphatic heterocycles. The number of carboxylic acid groups (broad SMARTS) is 1. The average molecular weight is 257 g/mol. The van der Waals surface area contributed by atoms with Crippen molar-refractivity contribution in [2.45, 2.75) is 25.9 Å². The van der Waals surface area contributed by atoms with Gasteiger partial charge in [0.25, 0.3) is 0 Å². The summed E-state index contributed by atoms with van der Waals surface area (Å²) < 4.78 is 5.48. The van der Waals surface area contributed by atoms with Gasteiger partial charge in [-0.2, -0.15) is 0 Å². The maximum Gasteiger partial charge on any atom is 0.303 e. The van der Waals surface area contributed by atoms with Crippen molar-refractivity contribution in [2.24, 2.45) is 0 Å².